The van der Waals surface area contributed by atoms with Crippen LogP contribution in [0.1, 0.15) is 30.5 Å². The Morgan fingerprint density at radius 3 is 3.00 bits per heavy atom. The van der Waals surface area contributed by atoms with Crippen LogP contribution in [0.2, 0.25) is 0 Å². The summed E-state index contributed by atoms with van der Waals surface area (Å²) >= 11 is 1.27. The van der Waals surface area contributed by atoms with Crippen molar-refractivity contribution >= 4 is 28.8 Å². The number of amides is 1. The van der Waals surface area contributed by atoms with Gasteiger partial charge in [-0.3, -0.25) is 4.79 Å². The first-order valence-electron chi connectivity index (χ1n) is 8.25. The number of oxazole rings is 1. The zero-order valence-electron chi connectivity index (χ0n) is 13.8. The van der Waals surface area contributed by atoms with Crippen LogP contribution in [0.5, 0.6) is 0 Å². The highest BCUT2D eigenvalue weighted by molar-refractivity contribution is 7.99. The molecule has 1 amide bonds. The normalized spacial score (nSPS) is 18.0. The first-order chi connectivity index (χ1) is 12.2. The predicted octanol–water partition coefficient (Wildman–Crippen LogP) is 3.02. The van der Waals surface area contributed by atoms with Crippen LogP contribution < -0.4 is 0 Å². The number of hydrogen-bond donors (Lipinski definition) is 0. The van der Waals surface area contributed by atoms with Crippen LogP contribution in [-0.4, -0.2) is 44.8 Å². The van der Waals surface area contributed by atoms with Gasteiger partial charge in [0.1, 0.15) is 5.52 Å². The molecule has 130 valence electrons. The van der Waals surface area contributed by atoms with Gasteiger partial charge in [-0.2, -0.15) is 0 Å². The fourth-order valence-electron chi connectivity index (χ4n) is 3.02. The van der Waals surface area contributed by atoms with Gasteiger partial charge < -0.3 is 13.7 Å². The summed E-state index contributed by atoms with van der Waals surface area (Å²) in [7, 11) is 0. The summed E-state index contributed by atoms with van der Waals surface area (Å²) in [5.41, 5.74) is 1.66. The first-order valence-corrected chi connectivity index (χ1v) is 9.24. The van der Waals surface area contributed by atoms with E-state index in [2.05, 4.69) is 15.2 Å². The van der Waals surface area contributed by atoms with Gasteiger partial charge in [0.05, 0.1) is 11.7 Å². The molecule has 3 aromatic rings. The number of aryl methyl sites for hydroxylation is 1. The molecular weight excluding hydrogens is 340 g/mol. The van der Waals surface area contributed by atoms with Gasteiger partial charge in [-0.15, -0.1) is 10.2 Å². The molecule has 0 spiro atoms. The molecule has 7 nitrogen and oxygen atoms in total. The molecule has 0 radical (unpaired) electrons. The van der Waals surface area contributed by atoms with Gasteiger partial charge in [-0.1, -0.05) is 23.9 Å². The van der Waals surface area contributed by atoms with Gasteiger partial charge in [-0.05, 0) is 25.0 Å². The highest BCUT2D eigenvalue weighted by Gasteiger charge is 2.28. The van der Waals surface area contributed by atoms with E-state index in [4.69, 9.17) is 8.83 Å². The van der Waals surface area contributed by atoms with Crippen LogP contribution in [0.15, 0.2) is 38.3 Å². The Morgan fingerprint density at radius 2 is 2.20 bits per heavy atom. The van der Waals surface area contributed by atoms with Gasteiger partial charge in [-0.25, -0.2) is 4.98 Å². The Kier molecular flexibility index (Phi) is 4.44. The fraction of sp³-hybridized carbons (Fsp3) is 0.412. The van der Waals surface area contributed by atoms with E-state index in [9.17, 15) is 4.79 Å². The lowest BCUT2D eigenvalue weighted by Crippen LogP contribution is -2.40. The molecule has 0 N–H and O–H groups in total. The number of benzene rings is 1. The van der Waals surface area contributed by atoms with Crippen molar-refractivity contribution < 1.29 is 13.6 Å². The summed E-state index contributed by atoms with van der Waals surface area (Å²) in [5.74, 6) is 1.73. The third kappa shape index (κ3) is 3.53. The van der Waals surface area contributed by atoms with Crippen molar-refractivity contribution in [2.75, 3.05) is 18.8 Å². The Morgan fingerprint density at radius 1 is 1.32 bits per heavy atom. The van der Waals surface area contributed by atoms with Crippen LogP contribution in [0.3, 0.4) is 0 Å². The summed E-state index contributed by atoms with van der Waals surface area (Å²) in [6.45, 7) is 3.13. The van der Waals surface area contributed by atoms with E-state index in [1.807, 2.05) is 29.2 Å². The van der Waals surface area contributed by atoms with E-state index in [0.29, 0.717) is 23.4 Å². The van der Waals surface area contributed by atoms with E-state index in [0.717, 1.165) is 36.4 Å². The van der Waals surface area contributed by atoms with Crippen LogP contribution in [0.25, 0.3) is 11.1 Å². The van der Waals surface area contributed by atoms with Crippen LogP contribution in [0.4, 0.5) is 0 Å². The quantitative estimate of drug-likeness (QED) is 0.663. The average Bonchev–Trinajstić information content (AvgIpc) is 3.25. The van der Waals surface area contributed by atoms with Crippen molar-refractivity contribution in [2.45, 2.75) is 30.9 Å². The molecule has 1 fully saturated rings. The predicted molar refractivity (Wildman–Crippen MR) is 92.3 cm³/mol. The van der Waals surface area contributed by atoms with Crippen molar-refractivity contribution in [3.05, 3.63) is 36.0 Å². The van der Waals surface area contributed by atoms with Crippen molar-refractivity contribution in [3.8, 4) is 0 Å². The third-order valence-electron chi connectivity index (χ3n) is 4.26. The summed E-state index contributed by atoms with van der Waals surface area (Å²) in [6.07, 6.45) is 1.92. The number of fused-ring (bicyclic) bond motifs is 1. The molecule has 1 aliphatic heterocycles. The molecule has 0 bridgehead atoms. The topological polar surface area (TPSA) is 85.3 Å². The van der Waals surface area contributed by atoms with Crippen molar-refractivity contribution in [3.63, 3.8) is 0 Å². The number of aromatic nitrogens is 3. The molecule has 2 aromatic heterocycles. The summed E-state index contributed by atoms with van der Waals surface area (Å²) < 4.78 is 11.2. The largest absolute Gasteiger partial charge is 0.440 e. The Labute approximate surface area is 148 Å². The number of hydrogen-bond acceptors (Lipinski definition) is 7. The lowest BCUT2D eigenvalue weighted by molar-refractivity contribution is -0.129. The van der Waals surface area contributed by atoms with Crippen molar-refractivity contribution in [1.82, 2.24) is 20.1 Å². The van der Waals surface area contributed by atoms with E-state index in [1.54, 1.807) is 6.92 Å². The Bertz CT molecular complexity index is 858. The number of piperidine rings is 1. The average molecular weight is 358 g/mol. The Balaban J connectivity index is 1.40. The minimum atomic E-state index is 0.0710. The number of rotatable bonds is 4. The number of likely N-dealkylation sites (tertiary alicyclic amines) is 1. The molecule has 4 rings (SSSR count). The molecule has 8 heteroatoms. The van der Waals surface area contributed by atoms with E-state index in [-0.39, 0.29) is 11.8 Å². The van der Waals surface area contributed by atoms with Crippen molar-refractivity contribution in [2.24, 2.45) is 0 Å². The Hall–Kier alpha value is -2.35. The summed E-state index contributed by atoms with van der Waals surface area (Å²) in [4.78, 5) is 18.9. The third-order valence-corrected chi connectivity index (χ3v) is 5.06. The van der Waals surface area contributed by atoms with Gasteiger partial charge >= 0.3 is 0 Å². The summed E-state index contributed by atoms with van der Waals surface area (Å²) in [5, 5.41) is 8.10. The molecule has 0 unspecified atom stereocenters. The molecule has 0 saturated carbocycles. The second-order valence-corrected chi connectivity index (χ2v) is 7.00. The zero-order valence-corrected chi connectivity index (χ0v) is 14.7. The smallest absolute Gasteiger partial charge is 0.277 e. The molecule has 1 aliphatic rings. The molecule has 0 aliphatic carbocycles. The lowest BCUT2D eigenvalue weighted by Gasteiger charge is -2.31. The number of carbonyl (C=O) groups excluding carboxylic acids is 1. The fourth-order valence-corrected chi connectivity index (χ4v) is 3.73. The van der Waals surface area contributed by atoms with Gasteiger partial charge in [0, 0.05) is 20.0 Å². The highest BCUT2D eigenvalue weighted by Crippen LogP contribution is 2.29. The summed E-state index contributed by atoms with van der Waals surface area (Å²) in [6, 6.07) is 7.74. The minimum Gasteiger partial charge on any atom is -0.440 e. The number of carbonyl (C=O) groups is 1. The molecule has 1 atom stereocenters. The molecule has 25 heavy (non-hydrogen) atoms. The standard InChI is InChI=1S/C17H18N4O3S/c1-11-19-20-17(23-11)25-10-15(22)21-8-4-5-12(9-21)16-18-13-6-2-3-7-14(13)24-16/h2-3,6-7,12H,4-5,8-10H2,1H3/t12-/m1/s1. The monoisotopic (exact) mass is 358 g/mol. The second kappa shape index (κ2) is 6.87. The second-order valence-electron chi connectivity index (χ2n) is 6.07. The minimum absolute atomic E-state index is 0.0710. The highest BCUT2D eigenvalue weighted by atomic mass is 32.2. The number of nitrogens with zero attached hydrogens (tertiary/aromatic N) is 4. The van der Waals surface area contributed by atoms with Gasteiger partial charge in [0.15, 0.2) is 11.5 Å². The molecule has 1 aromatic carbocycles. The maximum Gasteiger partial charge on any atom is 0.277 e. The molecule has 1 saturated heterocycles. The molecule has 3 heterocycles. The van der Waals surface area contributed by atoms with Crippen molar-refractivity contribution in [1.29, 1.82) is 0 Å². The number of thioether (sulfide) groups is 1. The maximum absolute atomic E-state index is 12.5. The maximum atomic E-state index is 12.5. The van der Waals surface area contributed by atoms with E-state index < -0.39 is 0 Å². The SMILES string of the molecule is Cc1nnc(SCC(=O)N2CCC[C@@H](c3nc4ccccc4o3)C2)o1. The van der Waals surface area contributed by atoms with Crippen LogP contribution in [-0.2, 0) is 4.79 Å². The van der Waals surface area contributed by atoms with Crippen LogP contribution >= 0.6 is 11.8 Å². The van der Waals surface area contributed by atoms with E-state index >= 15 is 0 Å². The van der Waals surface area contributed by atoms with Gasteiger partial charge in [0.2, 0.25) is 11.8 Å². The van der Waals surface area contributed by atoms with Crippen LogP contribution in [0, 0.1) is 6.92 Å². The van der Waals surface area contributed by atoms with E-state index in [1.165, 1.54) is 11.8 Å². The molecular formula is C17H18N4O3S. The zero-order chi connectivity index (χ0) is 17.2. The number of para-hydroxylation sites is 2. The van der Waals surface area contributed by atoms with Gasteiger partial charge in [0.25, 0.3) is 5.22 Å². The first kappa shape index (κ1) is 16.1. The lowest BCUT2D eigenvalue weighted by atomic mass is 9.98.